The van der Waals surface area contributed by atoms with Crippen LogP contribution in [0.4, 0.5) is 0 Å². The summed E-state index contributed by atoms with van der Waals surface area (Å²) in [7, 11) is 0. The van der Waals surface area contributed by atoms with Gasteiger partial charge in [-0.3, -0.25) is 9.98 Å². The fraction of sp³-hybridized carbons (Fsp3) is 0.0392. The molecule has 1 unspecified atom stereocenters. The van der Waals surface area contributed by atoms with Crippen LogP contribution in [0.25, 0.3) is 55.3 Å². The molecule has 0 radical (unpaired) electrons. The third-order valence-corrected chi connectivity index (χ3v) is 10.8. The largest absolute Gasteiger partial charge is 0.456 e. The first kappa shape index (κ1) is 32.8. The summed E-state index contributed by atoms with van der Waals surface area (Å²) in [4.78, 5) is 14.8. The van der Waals surface area contributed by atoms with Crippen LogP contribution < -0.4 is 9.47 Å². The second-order valence-corrected chi connectivity index (χ2v) is 14.4. The number of pyridine rings is 1. The van der Waals surface area contributed by atoms with Crippen LogP contribution in [-0.4, -0.2) is 16.5 Å². The summed E-state index contributed by atoms with van der Waals surface area (Å²) in [5, 5.41) is 2.21. The maximum absolute atomic E-state index is 6.36. The van der Waals surface area contributed by atoms with Gasteiger partial charge in [0.1, 0.15) is 11.2 Å². The maximum Gasteiger partial charge on any atom is 0.170 e. The molecule has 270 valence electrons. The Morgan fingerprint density at radius 1 is 0.421 bits per heavy atom. The van der Waals surface area contributed by atoms with E-state index >= 15 is 0 Å². The molecule has 0 spiro atoms. The molecule has 0 N–H and O–H groups in total. The number of rotatable bonds is 6. The highest BCUT2D eigenvalue weighted by Gasteiger charge is 2.25. The van der Waals surface area contributed by atoms with Crippen molar-refractivity contribution < 1.29 is 13.9 Å². The quantitative estimate of drug-likeness (QED) is 0.170. The molecular weight excluding hydrogens is 703 g/mol. The van der Waals surface area contributed by atoms with Gasteiger partial charge in [0.15, 0.2) is 28.8 Å². The van der Waals surface area contributed by atoms with Crippen molar-refractivity contribution in [3.05, 3.63) is 199 Å². The molecule has 1 atom stereocenters. The molecule has 2 aromatic heterocycles. The number of hydrogen-bond acceptors (Lipinski definition) is 6. The summed E-state index contributed by atoms with van der Waals surface area (Å²) in [5.41, 5.74) is 12.3. The van der Waals surface area contributed by atoms with Crippen LogP contribution in [-0.2, 0) is 0 Å². The van der Waals surface area contributed by atoms with Crippen LogP contribution in [0.15, 0.2) is 197 Å². The number of amidine groups is 1. The van der Waals surface area contributed by atoms with E-state index < -0.39 is 0 Å². The standard InChI is InChI=1S/C51H33N3O3/c1-2-8-35(9-3-1)51-53-43(37-18-20-42-41-10-4-5-11-45(41)55-49(42)30-37)31-44(54-51)40-27-38(33-16-14-32(15-17-33)34-22-24-52-25-23-34)26-39(28-40)36-19-21-48-50(29-36)57-47-13-7-6-12-46(47)56-48/h1-30,43H,31H2. The molecule has 2 aliphatic heterocycles. The zero-order chi connectivity index (χ0) is 37.7. The van der Waals surface area contributed by atoms with Gasteiger partial charge in [-0.1, -0.05) is 103 Å². The summed E-state index contributed by atoms with van der Waals surface area (Å²) in [6, 6.07) is 58.1. The molecule has 0 amide bonds. The van der Waals surface area contributed by atoms with Crippen molar-refractivity contribution >= 4 is 33.5 Å². The first-order valence-corrected chi connectivity index (χ1v) is 19.1. The Bertz CT molecular complexity index is 3040. The number of hydrogen-bond donors (Lipinski definition) is 0. The van der Waals surface area contributed by atoms with Crippen molar-refractivity contribution in [1.82, 2.24) is 4.98 Å². The molecule has 57 heavy (non-hydrogen) atoms. The maximum atomic E-state index is 6.36. The van der Waals surface area contributed by atoms with Gasteiger partial charge < -0.3 is 13.9 Å². The molecule has 6 heteroatoms. The monoisotopic (exact) mass is 735 g/mol. The molecule has 0 saturated carbocycles. The van der Waals surface area contributed by atoms with Gasteiger partial charge in [-0.2, -0.15) is 0 Å². The summed E-state index contributed by atoms with van der Waals surface area (Å²) < 4.78 is 18.9. The van der Waals surface area contributed by atoms with E-state index in [1.165, 1.54) is 0 Å². The van der Waals surface area contributed by atoms with Crippen LogP contribution in [0.3, 0.4) is 0 Å². The molecule has 0 fully saturated rings. The fourth-order valence-electron chi connectivity index (χ4n) is 7.86. The molecule has 0 bridgehead atoms. The Kier molecular flexibility index (Phi) is 7.84. The van der Waals surface area contributed by atoms with Gasteiger partial charge in [0.2, 0.25) is 0 Å². The molecule has 9 aromatic rings. The van der Waals surface area contributed by atoms with Crippen molar-refractivity contribution in [2.45, 2.75) is 12.5 Å². The van der Waals surface area contributed by atoms with Gasteiger partial charge in [0.25, 0.3) is 0 Å². The van der Waals surface area contributed by atoms with E-state index in [9.17, 15) is 0 Å². The number of furan rings is 1. The second kappa shape index (κ2) is 13.6. The minimum absolute atomic E-state index is 0.175. The van der Waals surface area contributed by atoms with Gasteiger partial charge >= 0.3 is 0 Å². The molecule has 6 nitrogen and oxygen atoms in total. The van der Waals surface area contributed by atoms with E-state index in [1.807, 2.05) is 91.3 Å². The molecule has 0 saturated heterocycles. The number of fused-ring (bicyclic) bond motifs is 5. The van der Waals surface area contributed by atoms with Crippen molar-refractivity contribution in [1.29, 1.82) is 0 Å². The minimum atomic E-state index is -0.175. The zero-order valence-electron chi connectivity index (χ0n) is 30.7. The van der Waals surface area contributed by atoms with Gasteiger partial charge in [0, 0.05) is 35.2 Å². The normalized spacial score (nSPS) is 14.6. The van der Waals surface area contributed by atoms with Crippen molar-refractivity contribution in [3.63, 3.8) is 0 Å². The third-order valence-electron chi connectivity index (χ3n) is 10.8. The average molecular weight is 736 g/mol. The second-order valence-electron chi connectivity index (χ2n) is 14.4. The number of nitrogens with zero attached hydrogens (tertiary/aromatic N) is 3. The van der Waals surface area contributed by atoms with E-state index in [2.05, 4.69) is 96.0 Å². The zero-order valence-corrected chi connectivity index (χ0v) is 30.7. The lowest BCUT2D eigenvalue weighted by Gasteiger charge is -2.23. The van der Waals surface area contributed by atoms with E-state index in [0.29, 0.717) is 35.3 Å². The Morgan fingerprint density at radius 3 is 1.84 bits per heavy atom. The van der Waals surface area contributed by atoms with Gasteiger partial charge in [-0.25, -0.2) is 4.99 Å². The molecule has 7 aromatic carbocycles. The number of benzene rings is 7. The Balaban J connectivity index is 1.03. The van der Waals surface area contributed by atoms with E-state index in [-0.39, 0.29) is 6.04 Å². The third kappa shape index (κ3) is 6.14. The summed E-state index contributed by atoms with van der Waals surface area (Å²) in [6.07, 6.45) is 4.26. The lowest BCUT2D eigenvalue weighted by molar-refractivity contribution is 0.360. The lowest BCUT2D eigenvalue weighted by Crippen LogP contribution is -2.17. The highest BCUT2D eigenvalue weighted by molar-refractivity contribution is 6.15. The van der Waals surface area contributed by atoms with E-state index in [1.54, 1.807) is 0 Å². The Morgan fingerprint density at radius 2 is 1.04 bits per heavy atom. The van der Waals surface area contributed by atoms with Crippen molar-refractivity contribution in [2.75, 3.05) is 0 Å². The van der Waals surface area contributed by atoms with Gasteiger partial charge in [-0.05, 0) is 111 Å². The highest BCUT2D eigenvalue weighted by Crippen LogP contribution is 2.47. The first-order valence-electron chi connectivity index (χ1n) is 19.1. The number of aliphatic imine (C=N–C) groups is 2. The first-order chi connectivity index (χ1) is 28.2. The van der Waals surface area contributed by atoms with E-state index in [0.717, 1.165) is 77.7 Å². The van der Waals surface area contributed by atoms with Crippen LogP contribution in [0.2, 0.25) is 0 Å². The predicted octanol–water partition coefficient (Wildman–Crippen LogP) is 13.3. The molecule has 11 rings (SSSR count). The highest BCUT2D eigenvalue weighted by atomic mass is 16.6. The lowest BCUT2D eigenvalue weighted by atomic mass is 9.90. The molecule has 0 aliphatic carbocycles. The molecule has 2 aliphatic rings. The molecule has 4 heterocycles. The summed E-state index contributed by atoms with van der Waals surface area (Å²) >= 11 is 0. The Hall–Kier alpha value is -7.57. The number of para-hydroxylation sites is 3. The van der Waals surface area contributed by atoms with Crippen LogP contribution in [0, 0.1) is 0 Å². The topological polar surface area (TPSA) is 69.2 Å². The van der Waals surface area contributed by atoms with E-state index in [4.69, 9.17) is 23.9 Å². The van der Waals surface area contributed by atoms with Crippen molar-refractivity contribution in [3.8, 4) is 56.4 Å². The van der Waals surface area contributed by atoms with Crippen molar-refractivity contribution in [2.24, 2.45) is 9.98 Å². The van der Waals surface area contributed by atoms with Gasteiger partial charge in [-0.15, -0.1) is 0 Å². The fourth-order valence-corrected chi connectivity index (χ4v) is 7.86. The summed E-state index contributed by atoms with van der Waals surface area (Å²) in [5.74, 6) is 3.47. The average Bonchev–Trinajstić information content (AvgIpc) is 3.66. The van der Waals surface area contributed by atoms with Gasteiger partial charge in [0.05, 0.1) is 11.8 Å². The number of aromatic nitrogens is 1. The van der Waals surface area contributed by atoms with Crippen LogP contribution >= 0.6 is 0 Å². The summed E-state index contributed by atoms with van der Waals surface area (Å²) in [6.45, 7) is 0. The molecular formula is C51H33N3O3. The number of ether oxygens (including phenoxy) is 2. The predicted molar refractivity (Wildman–Crippen MR) is 228 cm³/mol. The minimum Gasteiger partial charge on any atom is -0.456 e. The smallest absolute Gasteiger partial charge is 0.170 e. The van der Waals surface area contributed by atoms with Crippen LogP contribution in [0.5, 0.6) is 23.0 Å². The van der Waals surface area contributed by atoms with Crippen LogP contribution in [0.1, 0.15) is 29.2 Å². The SMILES string of the molecule is c1ccc(C2=NC(c3ccc4c(c3)oc3ccccc34)CC(c3cc(-c4ccc(-c5ccncc5)cc4)cc(-c4ccc5c(c4)Oc4ccccc4O5)c3)=N2)cc1. The Labute approximate surface area is 329 Å².